The van der Waals surface area contributed by atoms with Gasteiger partial charge in [-0.25, -0.2) is 0 Å². The van der Waals surface area contributed by atoms with Crippen molar-refractivity contribution in [2.45, 2.75) is 57.4 Å². The average Bonchev–Trinajstić information content (AvgIpc) is 3.48. The molecule has 0 saturated heterocycles. The van der Waals surface area contributed by atoms with Crippen molar-refractivity contribution in [3.05, 3.63) is 47.6 Å². The molecule has 0 bridgehead atoms. The van der Waals surface area contributed by atoms with E-state index in [4.69, 9.17) is 4.52 Å². The van der Waals surface area contributed by atoms with Crippen molar-refractivity contribution in [2.75, 3.05) is 6.54 Å². The SMILES string of the molecule is CC(=O)N[C@H](c1ccccn1)C1CCC(CNC(=O)c2cc(C3CC3)on2)CC1. The Morgan fingerprint density at radius 3 is 2.62 bits per heavy atom. The molecule has 0 radical (unpaired) electrons. The van der Waals surface area contributed by atoms with E-state index < -0.39 is 0 Å². The van der Waals surface area contributed by atoms with E-state index in [1.54, 1.807) is 19.2 Å². The van der Waals surface area contributed by atoms with Crippen LogP contribution in [0.3, 0.4) is 0 Å². The van der Waals surface area contributed by atoms with Crippen molar-refractivity contribution in [1.29, 1.82) is 0 Å². The van der Waals surface area contributed by atoms with Crippen LogP contribution < -0.4 is 10.6 Å². The molecule has 2 N–H and O–H groups in total. The number of nitrogens with zero attached hydrogens (tertiary/aromatic N) is 2. The predicted octanol–water partition coefficient (Wildman–Crippen LogP) is 3.36. The third-order valence-corrected chi connectivity index (χ3v) is 6.02. The lowest BCUT2D eigenvalue weighted by Gasteiger charge is -2.34. The molecular weight excluding hydrogens is 368 g/mol. The number of hydrogen-bond acceptors (Lipinski definition) is 5. The molecule has 2 aliphatic rings. The quantitative estimate of drug-likeness (QED) is 0.748. The summed E-state index contributed by atoms with van der Waals surface area (Å²) >= 11 is 0. The van der Waals surface area contributed by atoms with E-state index in [0.29, 0.717) is 30.0 Å². The van der Waals surface area contributed by atoms with Gasteiger partial charge in [0.05, 0.1) is 11.7 Å². The summed E-state index contributed by atoms with van der Waals surface area (Å²) in [5.74, 6) is 1.88. The van der Waals surface area contributed by atoms with Crippen molar-refractivity contribution in [1.82, 2.24) is 20.8 Å². The zero-order valence-electron chi connectivity index (χ0n) is 16.8. The van der Waals surface area contributed by atoms with Gasteiger partial charge in [0, 0.05) is 31.6 Å². The Morgan fingerprint density at radius 2 is 1.97 bits per heavy atom. The minimum Gasteiger partial charge on any atom is -0.360 e. The Morgan fingerprint density at radius 1 is 1.17 bits per heavy atom. The molecule has 2 aromatic rings. The van der Waals surface area contributed by atoms with Gasteiger partial charge in [0.15, 0.2) is 5.69 Å². The standard InChI is InChI=1S/C22H28N4O3/c1-14(27)25-21(18-4-2-3-11-23-18)17-7-5-15(6-8-17)13-24-22(28)19-12-20(29-26-19)16-9-10-16/h2-4,11-12,15-17,21H,5-10,13H2,1H3,(H,24,28)(H,25,27)/t15?,17?,21-/m0/s1. The maximum Gasteiger partial charge on any atom is 0.273 e. The summed E-state index contributed by atoms with van der Waals surface area (Å²) in [6.45, 7) is 2.20. The topological polar surface area (TPSA) is 97.1 Å². The molecular formula is C22H28N4O3. The van der Waals surface area contributed by atoms with E-state index in [-0.39, 0.29) is 17.9 Å². The molecule has 1 atom stereocenters. The van der Waals surface area contributed by atoms with Crippen LogP contribution in [0.15, 0.2) is 35.0 Å². The first kappa shape index (κ1) is 19.6. The highest BCUT2D eigenvalue weighted by atomic mass is 16.5. The fourth-order valence-electron chi connectivity index (χ4n) is 4.22. The summed E-state index contributed by atoms with van der Waals surface area (Å²) in [7, 11) is 0. The third-order valence-electron chi connectivity index (χ3n) is 6.02. The highest BCUT2D eigenvalue weighted by Gasteiger charge is 2.31. The molecule has 154 valence electrons. The lowest BCUT2D eigenvalue weighted by Crippen LogP contribution is -2.36. The largest absolute Gasteiger partial charge is 0.360 e. The molecule has 2 heterocycles. The molecule has 0 aliphatic heterocycles. The summed E-state index contributed by atoms with van der Waals surface area (Å²) in [5, 5.41) is 9.99. The van der Waals surface area contributed by atoms with E-state index in [0.717, 1.165) is 50.0 Å². The Balaban J connectivity index is 1.27. The van der Waals surface area contributed by atoms with Gasteiger partial charge in [0.1, 0.15) is 5.76 Å². The van der Waals surface area contributed by atoms with Crippen LogP contribution in [-0.4, -0.2) is 28.5 Å². The highest BCUT2D eigenvalue weighted by Crippen LogP contribution is 2.40. The lowest BCUT2D eigenvalue weighted by molar-refractivity contribution is -0.120. The minimum absolute atomic E-state index is 0.0341. The van der Waals surface area contributed by atoms with Crippen LogP contribution in [-0.2, 0) is 4.79 Å². The van der Waals surface area contributed by atoms with Crippen LogP contribution >= 0.6 is 0 Å². The molecule has 2 fully saturated rings. The van der Waals surface area contributed by atoms with Crippen molar-refractivity contribution in [2.24, 2.45) is 11.8 Å². The van der Waals surface area contributed by atoms with Gasteiger partial charge >= 0.3 is 0 Å². The Hall–Kier alpha value is -2.70. The van der Waals surface area contributed by atoms with Gasteiger partial charge in [0.25, 0.3) is 5.91 Å². The molecule has 2 aliphatic carbocycles. The Bertz CT molecular complexity index is 839. The van der Waals surface area contributed by atoms with Gasteiger partial charge in [0.2, 0.25) is 5.91 Å². The normalized spacial score (nSPS) is 22.7. The second-order valence-electron chi connectivity index (χ2n) is 8.31. The Kier molecular flexibility index (Phi) is 5.92. The Labute approximate surface area is 170 Å². The van der Waals surface area contributed by atoms with Gasteiger partial charge < -0.3 is 15.2 Å². The van der Waals surface area contributed by atoms with E-state index >= 15 is 0 Å². The summed E-state index contributed by atoms with van der Waals surface area (Å²) in [6.07, 6.45) is 8.04. The molecule has 2 aromatic heterocycles. The molecule has 4 rings (SSSR count). The van der Waals surface area contributed by atoms with Crippen molar-refractivity contribution < 1.29 is 14.1 Å². The second kappa shape index (κ2) is 8.76. The molecule has 2 saturated carbocycles. The number of carbonyl (C=O) groups is 2. The van der Waals surface area contributed by atoms with Crippen LogP contribution in [0.4, 0.5) is 0 Å². The van der Waals surface area contributed by atoms with Crippen LogP contribution in [0.2, 0.25) is 0 Å². The molecule has 0 unspecified atom stereocenters. The van der Waals surface area contributed by atoms with Gasteiger partial charge in [-0.15, -0.1) is 0 Å². The first-order chi connectivity index (χ1) is 14.1. The molecule has 2 amide bonds. The van der Waals surface area contributed by atoms with Gasteiger partial charge in [-0.1, -0.05) is 11.2 Å². The van der Waals surface area contributed by atoms with Gasteiger partial charge in [-0.2, -0.15) is 0 Å². The number of nitrogens with one attached hydrogen (secondary N) is 2. The molecule has 0 aromatic carbocycles. The zero-order chi connectivity index (χ0) is 20.2. The highest BCUT2D eigenvalue weighted by molar-refractivity contribution is 5.92. The fraction of sp³-hybridized carbons (Fsp3) is 0.545. The predicted molar refractivity (Wildman–Crippen MR) is 107 cm³/mol. The number of pyridine rings is 1. The van der Waals surface area contributed by atoms with E-state index in [1.165, 1.54) is 0 Å². The second-order valence-corrected chi connectivity index (χ2v) is 8.31. The number of hydrogen-bond donors (Lipinski definition) is 2. The van der Waals surface area contributed by atoms with E-state index in [1.807, 2.05) is 18.2 Å². The molecule has 7 heteroatoms. The van der Waals surface area contributed by atoms with Gasteiger partial charge in [-0.05, 0) is 62.5 Å². The number of rotatable bonds is 7. The lowest BCUT2D eigenvalue weighted by atomic mass is 9.77. The van der Waals surface area contributed by atoms with Crippen LogP contribution in [0.1, 0.15) is 79.4 Å². The number of aromatic nitrogens is 2. The smallest absolute Gasteiger partial charge is 0.273 e. The summed E-state index contributed by atoms with van der Waals surface area (Å²) in [6, 6.07) is 7.53. The molecule has 0 spiro atoms. The van der Waals surface area contributed by atoms with Crippen LogP contribution in [0, 0.1) is 11.8 Å². The maximum atomic E-state index is 12.3. The summed E-state index contributed by atoms with van der Waals surface area (Å²) in [5.41, 5.74) is 1.29. The van der Waals surface area contributed by atoms with Crippen molar-refractivity contribution >= 4 is 11.8 Å². The average molecular weight is 396 g/mol. The van der Waals surface area contributed by atoms with E-state index in [2.05, 4.69) is 20.8 Å². The third kappa shape index (κ3) is 5.02. The zero-order valence-corrected chi connectivity index (χ0v) is 16.8. The van der Waals surface area contributed by atoms with Crippen molar-refractivity contribution in [3.63, 3.8) is 0 Å². The molecule has 29 heavy (non-hydrogen) atoms. The van der Waals surface area contributed by atoms with Crippen molar-refractivity contribution in [3.8, 4) is 0 Å². The molecule has 7 nitrogen and oxygen atoms in total. The van der Waals surface area contributed by atoms with Crippen LogP contribution in [0.5, 0.6) is 0 Å². The first-order valence-electron chi connectivity index (χ1n) is 10.5. The van der Waals surface area contributed by atoms with Gasteiger partial charge in [-0.3, -0.25) is 14.6 Å². The summed E-state index contributed by atoms with van der Waals surface area (Å²) in [4.78, 5) is 28.5. The summed E-state index contributed by atoms with van der Waals surface area (Å²) < 4.78 is 5.26. The number of carbonyl (C=O) groups excluding carboxylic acids is 2. The van der Waals surface area contributed by atoms with E-state index in [9.17, 15) is 9.59 Å². The number of amides is 2. The maximum absolute atomic E-state index is 12.3. The van der Waals surface area contributed by atoms with Crippen LogP contribution in [0.25, 0.3) is 0 Å². The fourth-order valence-corrected chi connectivity index (χ4v) is 4.22. The monoisotopic (exact) mass is 396 g/mol. The minimum atomic E-state index is -0.160. The first-order valence-corrected chi connectivity index (χ1v) is 10.5.